The standard InChI is InChI=1S/C12H22NO.2C4H11N.CH4.2Y/c1-9-7-10(13-8-9)11(14)5-6-12(2,3)4;2*1-4(2,3)5;;;/h7,9-10,13H,5-6,8H2,1-4H3;2*5H2,1-3H3;1H4;;/q-1;;;;;. The summed E-state index contributed by atoms with van der Waals surface area (Å²) in [4.78, 5) is 11.7. The van der Waals surface area contributed by atoms with E-state index in [1.54, 1.807) is 0 Å². The van der Waals surface area contributed by atoms with Crippen LogP contribution >= 0.6 is 0 Å². The van der Waals surface area contributed by atoms with Crippen LogP contribution in [0.3, 0.4) is 0 Å². The summed E-state index contributed by atoms with van der Waals surface area (Å²) in [5.41, 5.74) is 11.0. The fourth-order valence-electron chi connectivity index (χ4n) is 1.65. The van der Waals surface area contributed by atoms with Gasteiger partial charge in [-0.3, -0.25) is 0 Å². The minimum absolute atomic E-state index is 0. The van der Waals surface area contributed by atoms with Crippen LogP contribution in [0.25, 0.3) is 0 Å². The second-order valence-corrected chi connectivity index (χ2v) is 10.3. The molecule has 6 heteroatoms. The van der Waals surface area contributed by atoms with Gasteiger partial charge in [0.15, 0.2) is 0 Å². The number of rotatable bonds is 3. The third kappa shape index (κ3) is 42.7. The Labute approximate surface area is 221 Å². The predicted octanol–water partition coefficient (Wildman–Crippen LogP) is 4.31. The molecule has 0 aromatic rings. The van der Waals surface area contributed by atoms with Crippen LogP contribution in [0.5, 0.6) is 0 Å². The number of carbonyl (C=O) groups is 1. The molecule has 1 aliphatic rings. The Bertz CT molecular complexity index is 332. The van der Waals surface area contributed by atoms with Crippen molar-refractivity contribution >= 4 is 5.78 Å². The molecule has 160 valence electrons. The third-order valence-electron chi connectivity index (χ3n) is 2.65. The molecule has 1 aliphatic heterocycles. The normalized spacial score (nSPS) is 19.0. The summed E-state index contributed by atoms with van der Waals surface area (Å²) < 4.78 is 0. The van der Waals surface area contributed by atoms with Gasteiger partial charge in [-0.1, -0.05) is 41.2 Å². The van der Waals surface area contributed by atoms with Crippen molar-refractivity contribution in [2.24, 2.45) is 22.8 Å². The fourth-order valence-corrected chi connectivity index (χ4v) is 1.65. The van der Waals surface area contributed by atoms with Gasteiger partial charge in [0.25, 0.3) is 0 Å². The molecule has 1 rings (SSSR count). The molecule has 0 aliphatic carbocycles. The van der Waals surface area contributed by atoms with Crippen molar-refractivity contribution in [3.63, 3.8) is 0 Å². The summed E-state index contributed by atoms with van der Waals surface area (Å²) in [5.74, 6) is 0.892. The number of nitrogens with two attached hydrogens (primary N) is 2. The van der Waals surface area contributed by atoms with Crippen molar-refractivity contribution in [1.82, 2.24) is 5.32 Å². The monoisotopic (exact) mass is 536 g/mol. The van der Waals surface area contributed by atoms with Gasteiger partial charge in [0.05, 0.1) is 0 Å². The van der Waals surface area contributed by atoms with E-state index in [-0.39, 0.29) is 95.4 Å². The summed E-state index contributed by atoms with van der Waals surface area (Å²) >= 11 is 0. The van der Waals surface area contributed by atoms with Gasteiger partial charge in [-0.2, -0.15) is 5.92 Å². The molecule has 1 fully saturated rings. The van der Waals surface area contributed by atoms with Gasteiger partial charge in [0.2, 0.25) is 0 Å². The molecule has 2 unspecified atom stereocenters. The van der Waals surface area contributed by atoms with Crippen molar-refractivity contribution in [3.05, 3.63) is 6.42 Å². The zero-order chi connectivity index (χ0) is 19.8. The minimum atomic E-state index is 0. The Morgan fingerprint density at radius 2 is 1.30 bits per heavy atom. The van der Waals surface area contributed by atoms with Crippen molar-refractivity contribution in [2.75, 3.05) is 6.54 Å². The van der Waals surface area contributed by atoms with Gasteiger partial charge in [-0.05, 0) is 59.9 Å². The quantitative estimate of drug-likeness (QED) is 0.470. The summed E-state index contributed by atoms with van der Waals surface area (Å²) in [6.07, 6.45) is 3.81. The molecule has 2 radical (unpaired) electrons. The molecule has 0 saturated carbocycles. The average molecular weight is 536 g/mol. The summed E-state index contributed by atoms with van der Waals surface area (Å²) in [5, 5.41) is 3.24. The van der Waals surface area contributed by atoms with Crippen molar-refractivity contribution in [1.29, 1.82) is 0 Å². The SMILES string of the molecule is C.CC(C)(C)N.CC(C)(C)N.CC1[CH-]C(C(=O)CCC(C)(C)C)NC1.[Y].[Y]. The molecule has 0 spiro atoms. The van der Waals surface area contributed by atoms with Crippen LogP contribution in [0.1, 0.15) is 89.5 Å². The van der Waals surface area contributed by atoms with E-state index in [0.29, 0.717) is 18.1 Å². The molecule has 27 heavy (non-hydrogen) atoms. The Morgan fingerprint density at radius 3 is 1.52 bits per heavy atom. The molecule has 0 bridgehead atoms. The Hall–Kier alpha value is 1.76. The Balaban J connectivity index is -0.000000106. The van der Waals surface area contributed by atoms with Crippen molar-refractivity contribution < 1.29 is 70.2 Å². The van der Waals surface area contributed by atoms with Crippen molar-refractivity contribution in [2.45, 2.75) is 107 Å². The van der Waals surface area contributed by atoms with Gasteiger partial charge in [0, 0.05) is 82.9 Å². The molecule has 1 saturated heterocycles. The van der Waals surface area contributed by atoms with Crippen LogP contribution in [0, 0.1) is 17.8 Å². The number of Topliss-reactive ketones (excluding diaryl/α,β-unsaturated/α-hetero) is 1. The first kappa shape index (κ1) is 39.3. The van der Waals surface area contributed by atoms with E-state index in [0.717, 1.165) is 13.0 Å². The maximum absolute atomic E-state index is 11.7. The predicted molar refractivity (Wildman–Crippen MR) is 114 cm³/mol. The summed E-state index contributed by atoms with van der Waals surface area (Å²) in [6.45, 7) is 21.4. The molecule has 0 amide bonds. The van der Waals surface area contributed by atoms with Gasteiger partial charge >= 0.3 is 0 Å². The van der Waals surface area contributed by atoms with Crippen LogP contribution in [-0.2, 0) is 70.2 Å². The Morgan fingerprint density at radius 1 is 0.963 bits per heavy atom. The van der Waals surface area contributed by atoms with Gasteiger partial charge in [-0.25, -0.2) is 0 Å². The third-order valence-corrected chi connectivity index (χ3v) is 2.65. The molecular formula is C21H48N3OY2-. The van der Waals surface area contributed by atoms with Crippen LogP contribution in [0.4, 0.5) is 0 Å². The van der Waals surface area contributed by atoms with E-state index in [9.17, 15) is 4.79 Å². The van der Waals surface area contributed by atoms with Crippen LogP contribution in [0.2, 0.25) is 0 Å². The number of carbonyl (C=O) groups excluding carboxylic acids is 1. The zero-order valence-electron chi connectivity index (χ0n) is 19.1. The van der Waals surface area contributed by atoms with E-state index >= 15 is 0 Å². The minimum Gasteiger partial charge on any atom is -0.338 e. The van der Waals surface area contributed by atoms with Gasteiger partial charge in [-0.15, -0.1) is 0 Å². The number of hydrogen-bond acceptors (Lipinski definition) is 4. The second-order valence-electron chi connectivity index (χ2n) is 10.3. The number of ketones is 1. The van der Waals surface area contributed by atoms with E-state index in [1.807, 2.05) is 41.5 Å². The topological polar surface area (TPSA) is 81.1 Å². The number of nitrogens with one attached hydrogen (secondary N) is 1. The number of hydrogen-bond donors (Lipinski definition) is 3. The molecular weight excluding hydrogens is 488 g/mol. The first-order valence-electron chi connectivity index (χ1n) is 9.07. The van der Waals surface area contributed by atoms with E-state index in [2.05, 4.69) is 39.4 Å². The summed E-state index contributed by atoms with van der Waals surface area (Å²) in [7, 11) is 0. The molecule has 1 heterocycles. The molecule has 4 nitrogen and oxygen atoms in total. The first-order valence-corrected chi connectivity index (χ1v) is 9.07. The van der Waals surface area contributed by atoms with Gasteiger partial charge in [0.1, 0.15) is 5.78 Å². The molecule has 2 atom stereocenters. The maximum Gasteiger partial charge on any atom is 0.119 e. The second kappa shape index (κ2) is 17.4. The van der Waals surface area contributed by atoms with Crippen LogP contribution < -0.4 is 16.8 Å². The van der Waals surface area contributed by atoms with E-state index in [4.69, 9.17) is 11.5 Å². The fraction of sp³-hybridized carbons (Fsp3) is 0.905. The largest absolute Gasteiger partial charge is 0.338 e. The average Bonchev–Trinajstić information content (AvgIpc) is 2.67. The Kier molecular flexibility index (Phi) is 25.4. The zero-order valence-corrected chi connectivity index (χ0v) is 24.7. The smallest absolute Gasteiger partial charge is 0.119 e. The van der Waals surface area contributed by atoms with Crippen LogP contribution in [-0.4, -0.2) is 29.4 Å². The molecule has 0 aromatic heterocycles. The van der Waals surface area contributed by atoms with Crippen molar-refractivity contribution in [3.8, 4) is 0 Å². The first-order chi connectivity index (χ1) is 10.4. The van der Waals surface area contributed by atoms with E-state index in [1.165, 1.54) is 0 Å². The summed E-state index contributed by atoms with van der Waals surface area (Å²) in [6, 6.07) is 0.0207. The molecule has 5 N–H and O–H groups in total. The maximum atomic E-state index is 11.7. The van der Waals surface area contributed by atoms with Gasteiger partial charge < -0.3 is 28.0 Å². The van der Waals surface area contributed by atoms with E-state index < -0.39 is 0 Å². The molecule has 0 aromatic carbocycles. The van der Waals surface area contributed by atoms with Crippen LogP contribution in [0.15, 0.2) is 0 Å².